The average molecular weight is 289 g/mol. The third kappa shape index (κ3) is 2.38. The maximum absolute atomic E-state index is 12.0. The van der Waals surface area contributed by atoms with Gasteiger partial charge in [-0.15, -0.1) is 11.3 Å². The highest BCUT2D eigenvalue weighted by Crippen LogP contribution is 2.44. The van der Waals surface area contributed by atoms with Crippen LogP contribution in [-0.2, 0) is 4.74 Å². The average Bonchev–Trinajstić information content (AvgIpc) is 3.19. The van der Waals surface area contributed by atoms with Gasteiger partial charge in [0.05, 0.1) is 17.9 Å². The molecule has 6 heteroatoms. The summed E-state index contributed by atoms with van der Waals surface area (Å²) in [6.07, 6.45) is 3.80. The molecule has 0 unspecified atom stereocenters. The summed E-state index contributed by atoms with van der Waals surface area (Å²) < 4.78 is 5.11. The Kier molecular flexibility index (Phi) is 3.40. The van der Waals surface area contributed by atoms with E-state index in [0.717, 1.165) is 29.1 Å². The molecular weight excluding hydrogens is 274 g/mol. The molecular formula is C14H15N3O2S. The smallest absolute Gasteiger partial charge is 0.350 e. The second kappa shape index (κ2) is 5.20. The molecule has 0 bridgehead atoms. The van der Waals surface area contributed by atoms with Crippen LogP contribution in [0.4, 0.5) is 5.82 Å². The largest absolute Gasteiger partial charge is 0.462 e. The van der Waals surface area contributed by atoms with Gasteiger partial charge < -0.3 is 10.5 Å². The molecule has 2 aromatic heterocycles. The van der Waals surface area contributed by atoms with Gasteiger partial charge in [-0.25, -0.2) is 14.8 Å². The molecule has 0 aromatic carbocycles. The summed E-state index contributed by atoms with van der Waals surface area (Å²) >= 11 is 1.34. The molecule has 0 radical (unpaired) electrons. The first-order valence-electron chi connectivity index (χ1n) is 6.59. The standard InChI is InChI=1S/C14H15N3O2S/c1-2-19-14(18)11-10(8-5-6-8)17-13(20-11)9-4-3-7-16-12(9)15/h3-4,7-8H,2,5-6H2,1H3,(H2,15,16). The van der Waals surface area contributed by atoms with Gasteiger partial charge in [0.25, 0.3) is 0 Å². The van der Waals surface area contributed by atoms with Crippen LogP contribution < -0.4 is 5.73 Å². The fourth-order valence-electron chi connectivity index (χ4n) is 2.02. The molecule has 2 aromatic rings. The van der Waals surface area contributed by atoms with Gasteiger partial charge in [-0.1, -0.05) is 0 Å². The van der Waals surface area contributed by atoms with Gasteiger partial charge in [0.15, 0.2) is 0 Å². The zero-order valence-corrected chi connectivity index (χ0v) is 11.9. The molecule has 0 atom stereocenters. The Morgan fingerprint density at radius 2 is 2.35 bits per heavy atom. The maximum atomic E-state index is 12.0. The summed E-state index contributed by atoms with van der Waals surface area (Å²) in [5.74, 6) is 0.525. The lowest BCUT2D eigenvalue weighted by atomic mass is 10.2. The van der Waals surface area contributed by atoms with Gasteiger partial charge in [-0.3, -0.25) is 0 Å². The molecule has 3 rings (SSSR count). The first-order chi connectivity index (χ1) is 9.70. The van der Waals surface area contributed by atoms with E-state index >= 15 is 0 Å². The van der Waals surface area contributed by atoms with E-state index in [1.54, 1.807) is 13.1 Å². The number of nitrogens with zero attached hydrogens (tertiary/aromatic N) is 2. The zero-order chi connectivity index (χ0) is 14.1. The summed E-state index contributed by atoms with van der Waals surface area (Å²) in [6.45, 7) is 2.17. The minimum atomic E-state index is -0.291. The molecule has 2 N–H and O–H groups in total. The summed E-state index contributed by atoms with van der Waals surface area (Å²) in [5.41, 5.74) is 7.50. The fourth-order valence-corrected chi connectivity index (χ4v) is 3.10. The SMILES string of the molecule is CCOC(=O)c1sc(-c2cccnc2N)nc1C1CC1. The molecule has 1 aliphatic carbocycles. The Morgan fingerprint density at radius 3 is 3.00 bits per heavy atom. The number of ether oxygens (including phenoxy) is 1. The molecule has 1 saturated carbocycles. The molecule has 0 aliphatic heterocycles. The van der Waals surface area contributed by atoms with Crippen molar-refractivity contribution in [3.63, 3.8) is 0 Å². The quantitative estimate of drug-likeness (QED) is 0.876. The highest BCUT2D eigenvalue weighted by molar-refractivity contribution is 7.17. The topological polar surface area (TPSA) is 78.1 Å². The van der Waals surface area contributed by atoms with Crippen LogP contribution in [0.15, 0.2) is 18.3 Å². The Morgan fingerprint density at radius 1 is 1.55 bits per heavy atom. The Bertz CT molecular complexity index is 650. The van der Waals surface area contributed by atoms with E-state index in [-0.39, 0.29) is 5.97 Å². The molecule has 5 nitrogen and oxygen atoms in total. The second-order valence-corrected chi connectivity index (χ2v) is 5.66. The number of anilines is 1. The van der Waals surface area contributed by atoms with Gasteiger partial charge >= 0.3 is 5.97 Å². The lowest BCUT2D eigenvalue weighted by Crippen LogP contribution is -2.05. The number of thiazole rings is 1. The minimum Gasteiger partial charge on any atom is -0.462 e. The van der Waals surface area contributed by atoms with Crippen LogP contribution >= 0.6 is 11.3 Å². The molecule has 1 fully saturated rings. The monoisotopic (exact) mass is 289 g/mol. The van der Waals surface area contributed by atoms with Crippen molar-refractivity contribution < 1.29 is 9.53 Å². The summed E-state index contributed by atoms with van der Waals surface area (Å²) in [7, 11) is 0. The van der Waals surface area contributed by atoms with Crippen molar-refractivity contribution in [3.8, 4) is 10.6 Å². The van der Waals surface area contributed by atoms with Crippen LogP contribution in [0, 0.1) is 0 Å². The molecule has 104 valence electrons. The fraction of sp³-hybridized carbons (Fsp3) is 0.357. The van der Waals surface area contributed by atoms with E-state index in [2.05, 4.69) is 9.97 Å². The van der Waals surface area contributed by atoms with Crippen molar-refractivity contribution in [3.05, 3.63) is 28.9 Å². The highest BCUT2D eigenvalue weighted by Gasteiger charge is 2.33. The number of nitrogens with two attached hydrogens (primary N) is 1. The van der Waals surface area contributed by atoms with Crippen molar-refractivity contribution in [2.45, 2.75) is 25.7 Å². The van der Waals surface area contributed by atoms with Crippen molar-refractivity contribution in [1.82, 2.24) is 9.97 Å². The van der Waals surface area contributed by atoms with E-state index in [4.69, 9.17) is 10.5 Å². The minimum absolute atomic E-state index is 0.291. The number of esters is 1. The lowest BCUT2D eigenvalue weighted by Gasteiger charge is -1.99. The molecule has 20 heavy (non-hydrogen) atoms. The van der Waals surface area contributed by atoms with Gasteiger partial charge in [0, 0.05) is 12.1 Å². The van der Waals surface area contributed by atoms with Crippen molar-refractivity contribution >= 4 is 23.1 Å². The number of hydrogen-bond acceptors (Lipinski definition) is 6. The van der Waals surface area contributed by atoms with E-state index < -0.39 is 0 Å². The van der Waals surface area contributed by atoms with Crippen molar-refractivity contribution in [2.75, 3.05) is 12.3 Å². The highest BCUT2D eigenvalue weighted by atomic mass is 32.1. The van der Waals surface area contributed by atoms with Crippen molar-refractivity contribution in [2.24, 2.45) is 0 Å². The van der Waals surface area contributed by atoms with E-state index in [1.165, 1.54) is 11.3 Å². The van der Waals surface area contributed by atoms with Crippen molar-refractivity contribution in [1.29, 1.82) is 0 Å². The maximum Gasteiger partial charge on any atom is 0.350 e. The normalized spacial score (nSPS) is 14.2. The number of carbonyl (C=O) groups excluding carboxylic acids is 1. The van der Waals surface area contributed by atoms with Crippen LogP contribution in [0.25, 0.3) is 10.6 Å². The van der Waals surface area contributed by atoms with Crippen LogP contribution in [0.5, 0.6) is 0 Å². The number of hydrogen-bond donors (Lipinski definition) is 1. The van der Waals surface area contributed by atoms with E-state index in [1.807, 2.05) is 12.1 Å². The van der Waals surface area contributed by atoms with Gasteiger partial charge in [-0.2, -0.15) is 0 Å². The van der Waals surface area contributed by atoms with Crippen LogP contribution in [-0.4, -0.2) is 22.5 Å². The zero-order valence-electron chi connectivity index (χ0n) is 11.1. The summed E-state index contributed by atoms with van der Waals surface area (Å²) in [6, 6.07) is 3.68. The van der Waals surface area contributed by atoms with Gasteiger partial charge in [0.2, 0.25) is 0 Å². The van der Waals surface area contributed by atoms with E-state index in [0.29, 0.717) is 23.2 Å². The second-order valence-electron chi connectivity index (χ2n) is 4.66. The summed E-state index contributed by atoms with van der Waals surface area (Å²) in [5, 5.41) is 0.737. The number of rotatable bonds is 4. The van der Waals surface area contributed by atoms with Crippen LogP contribution in [0.3, 0.4) is 0 Å². The predicted octanol–water partition coefficient (Wildman–Crippen LogP) is 2.84. The first-order valence-corrected chi connectivity index (χ1v) is 7.41. The van der Waals surface area contributed by atoms with E-state index in [9.17, 15) is 4.79 Å². The third-order valence-corrected chi connectivity index (χ3v) is 4.23. The Labute approximate surface area is 120 Å². The first kappa shape index (κ1) is 13.1. The van der Waals surface area contributed by atoms with Crippen LogP contribution in [0.2, 0.25) is 0 Å². The lowest BCUT2D eigenvalue weighted by molar-refractivity contribution is 0.0530. The number of pyridine rings is 1. The summed E-state index contributed by atoms with van der Waals surface area (Å²) in [4.78, 5) is 21.3. The Balaban J connectivity index is 2.03. The molecule has 0 saturated heterocycles. The van der Waals surface area contributed by atoms with Gasteiger partial charge in [-0.05, 0) is 31.9 Å². The third-order valence-electron chi connectivity index (χ3n) is 3.15. The van der Waals surface area contributed by atoms with Gasteiger partial charge in [0.1, 0.15) is 15.7 Å². The molecule has 2 heterocycles. The number of nitrogen functional groups attached to an aromatic ring is 1. The number of aromatic nitrogens is 2. The molecule has 0 spiro atoms. The molecule has 0 amide bonds. The predicted molar refractivity (Wildman–Crippen MR) is 77.7 cm³/mol. The Hall–Kier alpha value is -1.95. The molecule has 1 aliphatic rings. The van der Waals surface area contributed by atoms with Crippen LogP contribution in [0.1, 0.15) is 41.0 Å². The number of carbonyl (C=O) groups is 1.